The number of nitrogens with one attached hydrogen (secondary N) is 1. The number of hydrogen-bond acceptors (Lipinski definition) is 5. The van der Waals surface area contributed by atoms with Crippen LogP contribution < -0.4 is 11.2 Å². The van der Waals surface area contributed by atoms with E-state index >= 15 is 4.39 Å². The van der Waals surface area contributed by atoms with Crippen molar-refractivity contribution in [2.45, 2.75) is 13.1 Å². The molecule has 0 saturated heterocycles. The number of fused-ring (bicyclic) bond motifs is 2. The topological polar surface area (TPSA) is 103 Å². The van der Waals surface area contributed by atoms with Crippen LogP contribution in [0.2, 0.25) is 10.0 Å². The molecule has 3 aromatic carbocycles. The van der Waals surface area contributed by atoms with E-state index in [0.29, 0.717) is 16.5 Å². The number of benzene rings is 3. The van der Waals surface area contributed by atoms with Crippen LogP contribution >= 0.6 is 23.2 Å². The second-order valence-corrected chi connectivity index (χ2v) is 9.92. The second-order valence-electron chi connectivity index (χ2n) is 9.11. The quantitative estimate of drug-likeness (QED) is 0.296. The second kappa shape index (κ2) is 9.65. The van der Waals surface area contributed by atoms with Crippen LogP contribution in [0.4, 0.5) is 13.2 Å². The van der Waals surface area contributed by atoms with Crippen molar-refractivity contribution in [1.82, 2.24) is 34.1 Å². The molecule has 0 spiro atoms. The van der Waals surface area contributed by atoms with Crippen LogP contribution in [0, 0.1) is 17.5 Å². The lowest BCUT2D eigenvalue weighted by atomic mass is 10.0. The Morgan fingerprint density at radius 1 is 0.925 bits per heavy atom. The van der Waals surface area contributed by atoms with Crippen LogP contribution in [0.25, 0.3) is 32.9 Å². The van der Waals surface area contributed by atoms with E-state index in [1.807, 2.05) is 0 Å². The van der Waals surface area contributed by atoms with Gasteiger partial charge in [-0.1, -0.05) is 23.2 Å². The predicted octanol–water partition coefficient (Wildman–Crippen LogP) is 4.66. The summed E-state index contributed by atoms with van der Waals surface area (Å²) in [6.07, 6.45) is 2.95. The molecule has 202 valence electrons. The Kier molecular flexibility index (Phi) is 6.23. The molecule has 3 heterocycles. The van der Waals surface area contributed by atoms with Crippen molar-refractivity contribution in [3.8, 4) is 11.1 Å². The van der Waals surface area contributed by atoms with Gasteiger partial charge in [0.15, 0.2) is 17.5 Å². The highest BCUT2D eigenvalue weighted by Crippen LogP contribution is 2.34. The van der Waals surface area contributed by atoms with Gasteiger partial charge in [0.2, 0.25) is 0 Å². The number of rotatable bonds is 5. The maximum absolute atomic E-state index is 15.8. The van der Waals surface area contributed by atoms with E-state index in [0.717, 1.165) is 27.3 Å². The molecule has 0 amide bonds. The first-order valence-electron chi connectivity index (χ1n) is 11.7. The summed E-state index contributed by atoms with van der Waals surface area (Å²) in [5.41, 5.74) is -0.373. The summed E-state index contributed by atoms with van der Waals surface area (Å²) in [5.74, 6) is -3.24. The lowest BCUT2D eigenvalue weighted by Crippen LogP contribution is -2.41. The van der Waals surface area contributed by atoms with Gasteiger partial charge in [0.1, 0.15) is 12.1 Å². The highest BCUT2D eigenvalue weighted by Gasteiger charge is 2.21. The highest BCUT2D eigenvalue weighted by molar-refractivity contribution is 6.34. The number of nitrogens with zero attached hydrogens (tertiary/aromatic N) is 6. The van der Waals surface area contributed by atoms with Gasteiger partial charge in [0, 0.05) is 18.0 Å². The Bertz CT molecular complexity index is 2080. The molecule has 9 nitrogen and oxygen atoms in total. The molecule has 40 heavy (non-hydrogen) atoms. The summed E-state index contributed by atoms with van der Waals surface area (Å²) in [4.78, 5) is 31.2. The third-order valence-corrected chi connectivity index (χ3v) is 7.04. The fourth-order valence-electron chi connectivity index (χ4n) is 4.60. The number of aromatic nitrogens is 7. The molecule has 1 N–H and O–H groups in total. The number of H-pyrrole nitrogens is 1. The Labute approximate surface area is 232 Å². The van der Waals surface area contributed by atoms with E-state index < -0.39 is 39.1 Å². The zero-order valence-electron chi connectivity index (χ0n) is 20.4. The largest absolute Gasteiger partial charge is 0.332 e. The molecule has 0 bridgehead atoms. The minimum Gasteiger partial charge on any atom is -0.289 e. The predicted molar refractivity (Wildman–Crippen MR) is 143 cm³/mol. The Hall–Kier alpha value is -4.42. The Morgan fingerprint density at radius 3 is 2.45 bits per heavy atom. The van der Waals surface area contributed by atoms with E-state index in [4.69, 9.17) is 23.2 Å². The molecule has 0 atom stereocenters. The van der Waals surface area contributed by atoms with Crippen molar-refractivity contribution < 1.29 is 13.2 Å². The number of aryl methyl sites for hydroxylation is 1. The number of hydrogen-bond donors (Lipinski definition) is 1. The first kappa shape index (κ1) is 25.8. The summed E-state index contributed by atoms with van der Waals surface area (Å²) in [6, 6.07) is 7.92. The van der Waals surface area contributed by atoms with Gasteiger partial charge in [0.25, 0.3) is 5.56 Å². The molecule has 0 aliphatic carbocycles. The van der Waals surface area contributed by atoms with Crippen molar-refractivity contribution in [2.75, 3.05) is 0 Å². The van der Waals surface area contributed by atoms with Crippen molar-refractivity contribution in [3.05, 3.63) is 109 Å². The monoisotopic (exact) mass is 585 g/mol. The van der Waals surface area contributed by atoms with Gasteiger partial charge in [-0.05, 0) is 47.5 Å². The minimum absolute atomic E-state index is 0.0838. The van der Waals surface area contributed by atoms with Crippen LogP contribution in [0.3, 0.4) is 0 Å². The third kappa shape index (κ3) is 4.34. The van der Waals surface area contributed by atoms with Crippen LogP contribution in [0.5, 0.6) is 0 Å². The maximum Gasteiger partial charge on any atom is 0.332 e. The first-order valence-corrected chi connectivity index (χ1v) is 12.4. The molecule has 6 rings (SSSR count). The zero-order chi connectivity index (χ0) is 28.3. The Balaban J connectivity index is 1.63. The van der Waals surface area contributed by atoms with Crippen molar-refractivity contribution in [3.63, 3.8) is 0 Å². The SMILES string of the molecule is Cn1cnc(Cn2c(=O)c3c(F)cc(-c4cc5cn[nH]c5cc4Cl)cc3n(Cc3cc(F)c(F)c(Cl)c3)c2=O)n1. The average molecular weight is 586 g/mol. The van der Waals surface area contributed by atoms with Crippen LogP contribution in [0.15, 0.2) is 58.5 Å². The zero-order valence-corrected chi connectivity index (χ0v) is 21.9. The fraction of sp³-hybridized carbons (Fsp3) is 0.115. The molecule has 3 aromatic heterocycles. The van der Waals surface area contributed by atoms with Gasteiger partial charge >= 0.3 is 5.69 Å². The van der Waals surface area contributed by atoms with Gasteiger partial charge in [-0.25, -0.2) is 22.9 Å². The normalized spacial score (nSPS) is 11.7. The number of halogens is 5. The van der Waals surface area contributed by atoms with E-state index in [-0.39, 0.29) is 40.6 Å². The lowest BCUT2D eigenvalue weighted by Gasteiger charge is -2.16. The average Bonchev–Trinajstić information content (AvgIpc) is 3.54. The molecule has 6 aromatic rings. The van der Waals surface area contributed by atoms with Crippen LogP contribution in [-0.2, 0) is 20.1 Å². The number of aromatic amines is 1. The van der Waals surface area contributed by atoms with E-state index in [9.17, 15) is 18.4 Å². The molecule has 0 aliphatic rings. The summed E-state index contributed by atoms with van der Waals surface area (Å²) in [6.45, 7) is -0.712. The van der Waals surface area contributed by atoms with Gasteiger partial charge in [-0.15, -0.1) is 0 Å². The third-order valence-electron chi connectivity index (χ3n) is 6.45. The molecule has 0 fully saturated rings. The molecule has 0 saturated carbocycles. The summed E-state index contributed by atoms with van der Waals surface area (Å²) in [5, 5.41) is 10.9. The van der Waals surface area contributed by atoms with Gasteiger partial charge < -0.3 is 0 Å². The van der Waals surface area contributed by atoms with E-state index in [2.05, 4.69) is 20.3 Å². The molecule has 14 heteroatoms. The molecule has 0 radical (unpaired) electrons. The summed E-state index contributed by atoms with van der Waals surface area (Å²) >= 11 is 12.3. The molecule has 0 aliphatic heterocycles. The Morgan fingerprint density at radius 2 is 1.73 bits per heavy atom. The van der Waals surface area contributed by atoms with Crippen molar-refractivity contribution >= 4 is 45.0 Å². The van der Waals surface area contributed by atoms with Gasteiger partial charge in [-0.3, -0.25) is 23.7 Å². The summed E-state index contributed by atoms with van der Waals surface area (Å²) < 4.78 is 47.1. The van der Waals surface area contributed by atoms with E-state index in [1.54, 1.807) is 25.4 Å². The van der Waals surface area contributed by atoms with E-state index in [1.165, 1.54) is 17.1 Å². The van der Waals surface area contributed by atoms with Gasteiger partial charge in [0.05, 0.1) is 45.8 Å². The first-order chi connectivity index (χ1) is 19.1. The van der Waals surface area contributed by atoms with Crippen LogP contribution in [0.1, 0.15) is 11.4 Å². The molecular formula is C26H16Cl2F3N7O2. The fourth-order valence-corrected chi connectivity index (χ4v) is 5.10. The molecular weight excluding hydrogens is 570 g/mol. The standard InChI is InChI=1S/C26H16Cl2F3N7O2/c1-36-11-32-22(35-36)10-38-25(39)23-18(29)5-13(15-4-14-8-33-34-20(14)7-16(15)27)6-21(23)37(26(38)40)9-12-2-17(28)24(31)19(30)3-12/h2-8,11H,9-10H2,1H3,(H,33,34). The molecule has 0 unspecified atom stereocenters. The minimum atomic E-state index is -1.24. The maximum atomic E-state index is 15.8. The highest BCUT2D eigenvalue weighted by atomic mass is 35.5. The smallest absolute Gasteiger partial charge is 0.289 e. The summed E-state index contributed by atoms with van der Waals surface area (Å²) in [7, 11) is 1.61. The lowest BCUT2D eigenvalue weighted by molar-refractivity contribution is 0.506. The van der Waals surface area contributed by atoms with Crippen molar-refractivity contribution in [2.24, 2.45) is 7.05 Å². The van der Waals surface area contributed by atoms with Crippen molar-refractivity contribution in [1.29, 1.82) is 0 Å². The van der Waals surface area contributed by atoms with Gasteiger partial charge in [-0.2, -0.15) is 10.2 Å². The van der Waals surface area contributed by atoms with Crippen LogP contribution in [-0.4, -0.2) is 34.1 Å².